The Bertz CT molecular complexity index is 592. The molecule has 0 spiro atoms. The molecule has 1 aliphatic heterocycles. The van der Waals surface area contributed by atoms with E-state index in [9.17, 15) is 4.79 Å². The van der Waals surface area contributed by atoms with Crippen LogP contribution >= 0.6 is 23.5 Å². The van der Waals surface area contributed by atoms with E-state index in [1.54, 1.807) is 37.7 Å². The molecule has 1 aromatic carbocycles. The number of amides is 1. The Morgan fingerprint density at radius 2 is 1.70 bits per heavy atom. The molecule has 6 heteroatoms. The highest BCUT2D eigenvalue weighted by atomic mass is 32.2. The standard InChI is InChI=1S/C17H23NO3S2/c1-6-22-17(23-7-2)15(12(3)20-4)16(19)18(17)13-8-10-14(21-5)11-9-13/h8-11H,6-7H2,1-5H3/b15-12+. The van der Waals surface area contributed by atoms with Gasteiger partial charge in [0.25, 0.3) is 5.91 Å². The van der Waals surface area contributed by atoms with Gasteiger partial charge in [0.1, 0.15) is 17.1 Å². The Morgan fingerprint density at radius 3 is 2.13 bits per heavy atom. The predicted molar refractivity (Wildman–Crippen MR) is 99.2 cm³/mol. The fraction of sp³-hybridized carbons (Fsp3) is 0.471. The first-order valence-electron chi connectivity index (χ1n) is 7.57. The van der Waals surface area contributed by atoms with Crippen LogP contribution in [0.1, 0.15) is 20.8 Å². The first-order chi connectivity index (χ1) is 11.1. The minimum absolute atomic E-state index is 0.0106. The lowest BCUT2D eigenvalue weighted by Crippen LogP contribution is -2.63. The molecule has 1 heterocycles. The van der Waals surface area contributed by atoms with Gasteiger partial charge in [-0.05, 0) is 42.7 Å². The Labute approximate surface area is 146 Å². The van der Waals surface area contributed by atoms with Crippen LogP contribution < -0.4 is 9.64 Å². The second kappa shape index (κ2) is 7.53. The summed E-state index contributed by atoms with van der Waals surface area (Å²) in [6.45, 7) is 6.08. The first-order valence-corrected chi connectivity index (χ1v) is 9.54. The number of thioether (sulfide) groups is 2. The summed E-state index contributed by atoms with van der Waals surface area (Å²) in [5.74, 6) is 3.31. The van der Waals surface area contributed by atoms with Gasteiger partial charge in [-0.1, -0.05) is 13.8 Å². The molecule has 0 aliphatic carbocycles. The Kier molecular flexibility index (Phi) is 5.92. The van der Waals surface area contributed by atoms with Gasteiger partial charge in [-0.3, -0.25) is 9.69 Å². The molecule has 0 N–H and O–H groups in total. The van der Waals surface area contributed by atoms with Crippen molar-refractivity contribution >= 4 is 35.1 Å². The van der Waals surface area contributed by atoms with E-state index in [4.69, 9.17) is 9.47 Å². The molecule has 23 heavy (non-hydrogen) atoms. The Hall–Kier alpha value is -1.27. The molecule has 0 aromatic heterocycles. The molecule has 1 amide bonds. The van der Waals surface area contributed by atoms with Gasteiger partial charge in [-0.2, -0.15) is 0 Å². The monoisotopic (exact) mass is 353 g/mol. The van der Waals surface area contributed by atoms with Crippen LogP contribution in [0.4, 0.5) is 5.69 Å². The van der Waals surface area contributed by atoms with E-state index < -0.39 is 4.20 Å². The average Bonchev–Trinajstić information content (AvgIpc) is 2.55. The van der Waals surface area contributed by atoms with Crippen molar-refractivity contribution in [1.82, 2.24) is 0 Å². The maximum atomic E-state index is 12.8. The van der Waals surface area contributed by atoms with Crippen LogP contribution in [0.3, 0.4) is 0 Å². The number of ether oxygens (including phenoxy) is 2. The smallest absolute Gasteiger partial charge is 0.263 e. The van der Waals surface area contributed by atoms with Crippen molar-refractivity contribution in [2.75, 3.05) is 30.6 Å². The summed E-state index contributed by atoms with van der Waals surface area (Å²) >= 11 is 3.51. The topological polar surface area (TPSA) is 38.8 Å². The van der Waals surface area contributed by atoms with Crippen LogP contribution in [0, 0.1) is 0 Å². The molecule has 126 valence electrons. The number of carbonyl (C=O) groups excluding carboxylic acids is 1. The molecular formula is C17H23NO3S2. The number of carbonyl (C=O) groups is 1. The van der Waals surface area contributed by atoms with Crippen LogP contribution in [0.2, 0.25) is 0 Å². The zero-order valence-electron chi connectivity index (χ0n) is 14.2. The van der Waals surface area contributed by atoms with Crippen molar-refractivity contribution in [3.8, 4) is 5.75 Å². The van der Waals surface area contributed by atoms with E-state index in [2.05, 4.69) is 13.8 Å². The van der Waals surface area contributed by atoms with Gasteiger partial charge >= 0.3 is 0 Å². The number of nitrogens with zero attached hydrogens (tertiary/aromatic N) is 1. The van der Waals surface area contributed by atoms with Crippen LogP contribution in [0.25, 0.3) is 0 Å². The van der Waals surface area contributed by atoms with Gasteiger partial charge in [0.05, 0.1) is 14.2 Å². The number of rotatable bonds is 7. The molecule has 2 rings (SSSR count). The van der Waals surface area contributed by atoms with Gasteiger partial charge in [0, 0.05) is 5.69 Å². The van der Waals surface area contributed by atoms with E-state index in [0.717, 1.165) is 28.5 Å². The summed E-state index contributed by atoms with van der Waals surface area (Å²) in [6.07, 6.45) is 0. The minimum Gasteiger partial charge on any atom is -0.501 e. The number of methoxy groups -OCH3 is 2. The zero-order valence-corrected chi connectivity index (χ0v) is 15.8. The molecule has 0 radical (unpaired) electrons. The summed E-state index contributed by atoms with van der Waals surface area (Å²) in [5, 5.41) is 0. The third-order valence-corrected chi connectivity index (χ3v) is 6.54. The van der Waals surface area contributed by atoms with E-state index in [-0.39, 0.29) is 5.91 Å². The fourth-order valence-corrected chi connectivity index (χ4v) is 5.85. The number of hydrogen-bond acceptors (Lipinski definition) is 5. The highest BCUT2D eigenvalue weighted by Gasteiger charge is 2.59. The molecule has 0 saturated carbocycles. The third-order valence-electron chi connectivity index (χ3n) is 3.70. The van der Waals surface area contributed by atoms with Crippen LogP contribution in [-0.4, -0.2) is 35.8 Å². The number of allylic oxidation sites excluding steroid dienone is 1. The van der Waals surface area contributed by atoms with Crippen molar-refractivity contribution in [2.24, 2.45) is 0 Å². The number of benzene rings is 1. The van der Waals surface area contributed by atoms with E-state index in [1.807, 2.05) is 36.1 Å². The molecule has 0 bridgehead atoms. The number of hydrogen-bond donors (Lipinski definition) is 0. The maximum absolute atomic E-state index is 12.8. The fourth-order valence-electron chi connectivity index (χ4n) is 2.64. The molecule has 0 unspecified atom stereocenters. The van der Waals surface area contributed by atoms with Crippen molar-refractivity contribution in [2.45, 2.75) is 25.0 Å². The summed E-state index contributed by atoms with van der Waals surface area (Å²) in [5.41, 5.74) is 1.64. The first kappa shape index (κ1) is 18.1. The minimum atomic E-state index is -0.421. The number of anilines is 1. The molecule has 1 aromatic rings. The molecular weight excluding hydrogens is 330 g/mol. The van der Waals surface area contributed by atoms with Crippen molar-refractivity contribution in [1.29, 1.82) is 0 Å². The lowest BCUT2D eigenvalue weighted by molar-refractivity contribution is -0.118. The normalized spacial score (nSPS) is 18.5. The summed E-state index contributed by atoms with van der Waals surface area (Å²) in [4.78, 5) is 14.7. The third kappa shape index (κ3) is 3.06. The van der Waals surface area contributed by atoms with E-state index >= 15 is 0 Å². The highest BCUT2D eigenvalue weighted by molar-refractivity contribution is 8.19. The molecule has 4 nitrogen and oxygen atoms in total. The van der Waals surface area contributed by atoms with Gasteiger partial charge in [-0.15, -0.1) is 23.5 Å². The lowest BCUT2D eigenvalue weighted by Gasteiger charge is -2.52. The van der Waals surface area contributed by atoms with Crippen LogP contribution in [0.15, 0.2) is 35.6 Å². The van der Waals surface area contributed by atoms with Gasteiger partial charge < -0.3 is 9.47 Å². The Morgan fingerprint density at radius 1 is 1.13 bits per heavy atom. The van der Waals surface area contributed by atoms with Crippen LogP contribution in [0.5, 0.6) is 5.75 Å². The molecule has 1 aliphatic rings. The zero-order chi connectivity index (χ0) is 17.0. The summed E-state index contributed by atoms with van der Waals surface area (Å²) < 4.78 is 10.2. The van der Waals surface area contributed by atoms with Gasteiger partial charge in [0.15, 0.2) is 4.20 Å². The second-order valence-electron chi connectivity index (χ2n) is 4.92. The van der Waals surface area contributed by atoms with Crippen LogP contribution in [-0.2, 0) is 9.53 Å². The lowest BCUT2D eigenvalue weighted by atomic mass is 10.0. The summed E-state index contributed by atoms with van der Waals surface area (Å²) in [7, 11) is 3.25. The van der Waals surface area contributed by atoms with Crippen molar-refractivity contribution < 1.29 is 14.3 Å². The SMILES string of the molecule is CCSC1(SCC)/C(=C(\C)OC)C(=O)N1c1ccc(OC)cc1. The van der Waals surface area contributed by atoms with E-state index in [1.165, 1.54) is 0 Å². The predicted octanol–water partition coefficient (Wildman–Crippen LogP) is 4.12. The second-order valence-corrected chi connectivity index (χ2v) is 8.09. The van der Waals surface area contributed by atoms with Crippen molar-refractivity contribution in [3.63, 3.8) is 0 Å². The molecule has 1 fully saturated rings. The Balaban J connectivity index is 2.49. The van der Waals surface area contributed by atoms with Crippen molar-refractivity contribution in [3.05, 3.63) is 35.6 Å². The summed E-state index contributed by atoms with van der Waals surface area (Å²) in [6, 6.07) is 7.62. The quantitative estimate of drug-likeness (QED) is 0.319. The molecule has 1 saturated heterocycles. The maximum Gasteiger partial charge on any atom is 0.263 e. The average molecular weight is 354 g/mol. The highest BCUT2D eigenvalue weighted by Crippen LogP contribution is 2.56. The molecule has 0 atom stereocenters. The largest absolute Gasteiger partial charge is 0.501 e. The number of β-lactam (4-membered cyclic amide) rings is 1. The van der Waals surface area contributed by atoms with Gasteiger partial charge in [0.2, 0.25) is 0 Å². The van der Waals surface area contributed by atoms with Gasteiger partial charge in [-0.25, -0.2) is 0 Å². The van der Waals surface area contributed by atoms with E-state index in [0.29, 0.717) is 5.76 Å².